The summed E-state index contributed by atoms with van der Waals surface area (Å²) in [6.45, 7) is 10.3. The van der Waals surface area contributed by atoms with Crippen LogP contribution in [0.1, 0.15) is 34.1 Å². The van der Waals surface area contributed by atoms with Crippen LogP contribution < -0.4 is 0 Å². The van der Waals surface area contributed by atoms with Gasteiger partial charge in [-0.05, 0) is 17.8 Å². The Morgan fingerprint density at radius 1 is 1.08 bits per heavy atom. The van der Waals surface area contributed by atoms with E-state index in [2.05, 4.69) is 27.7 Å². The minimum Gasteiger partial charge on any atom is -0.390 e. The highest BCUT2D eigenvalue weighted by Crippen LogP contribution is 2.83. The molecule has 0 aromatic heterocycles. The van der Waals surface area contributed by atoms with Crippen LogP contribution in [0, 0.1) is 34.0 Å². The molecule has 2 saturated carbocycles. The number of aliphatic hydroxyl groups is 2. The molecule has 0 amide bonds. The minimum atomic E-state index is -0.696. The van der Waals surface area contributed by atoms with Gasteiger partial charge in [0.25, 0.3) is 0 Å². The zero-order valence-corrected chi connectivity index (χ0v) is 16.0. The second kappa shape index (κ2) is 4.50. The number of hydrogen-bond acceptors (Lipinski definition) is 6. The summed E-state index contributed by atoms with van der Waals surface area (Å²) in [5.74, 6) is 0.316. The third-order valence-corrected chi connectivity index (χ3v) is 8.89. The molecule has 0 aromatic rings. The van der Waals surface area contributed by atoms with Gasteiger partial charge in [-0.3, -0.25) is 0 Å². The van der Waals surface area contributed by atoms with E-state index < -0.39 is 34.7 Å². The van der Waals surface area contributed by atoms with E-state index >= 15 is 0 Å². The summed E-state index contributed by atoms with van der Waals surface area (Å²) in [6.07, 6.45) is -1.56. The van der Waals surface area contributed by atoms with Gasteiger partial charge in [0.05, 0.1) is 49.7 Å². The first-order chi connectivity index (χ1) is 12.2. The van der Waals surface area contributed by atoms with Crippen LogP contribution in [0.3, 0.4) is 0 Å². The molecule has 2 aliphatic carbocycles. The number of aliphatic hydroxyl groups excluding tert-OH is 2. The summed E-state index contributed by atoms with van der Waals surface area (Å²) in [4.78, 5) is 0. The Balaban J connectivity index is 1.65. The van der Waals surface area contributed by atoms with Crippen LogP contribution in [-0.4, -0.2) is 66.3 Å². The Bertz CT molecular complexity index is 661. The van der Waals surface area contributed by atoms with Crippen molar-refractivity contribution in [2.75, 3.05) is 19.8 Å². The van der Waals surface area contributed by atoms with Gasteiger partial charge in [-0.15, -0.1) is 0 Å². The van der Waals surface area contributed by atoms with Gasteiger partial charge >= 0.3 is 0 Å². The molecule has 6 nitrogen and oxygen atoms in total. The molecule has 11 atom stereocenters. The summed E-state index contributed by atoms with van der Waals surface area (Å²) < 4.78 is 25.3. The van der Waals surface area contributed by atoms with Crippen LogP contribution >= 0.6 is 0 Å². The summed E-state index contributed by atoms with van der Waals surface area (Å²) in [5.41, 5.74) is -1.86. The molecule has 26 heavy (non-hydrogen) atoms. The van der Waals surface area contributed by atoms with Crippen molar-refractivity contribution in [3.8, 4) is 0 Å². The predicted molar refractivity (Wildman–Crippen MR) is 90.1 cm³/mol. The Hall–Kier alpha value is -0.240. The van der Waals surface area contributed by atoms with Crippen LogP contribution in [0.15, 0.2) is 0 Å². The molecule has 6 heteroatoms. The van der Waals surface area contributed by atoms with E-state index in [4.69, 9.17) is 18.9 Å². The van der Waals surface area contributed by atoms with E-state index in [0.717, 1.165) is 6.42 Å². The van der Waals surface area contributed by atoms with Gasteiger partial charge in [0.2, 0.25) is 0 Å². The number of hydrogen-bond donors (Lipinski definition) is 2. The second-order valence-electron chi connectivity index (χ2n) is 10.7. The topological polar surface area (TPSA) is 77.4 Å². The molecule has 6 rings (SSSR count). The van der Waals surface area contributed by atoms with Gasteiger partial charge in [-0.25, -0.2) is 0 Å². The van der Waals surface area contributed by atoms with Crippen molar-refractivity contribution in [3.05, 3.63) is 0 Å². The maximum atomic E-state index is 11.7. The average Bonchev–Trinajstić information content (AvgIpc) is 3.27. The molecule has 2 N–H and O–H groups in total. The highest BCUT2D eigenvalue weighted by molar-refractivity contribution is 5.39. The van der Waals surface area contributed by atoms with Gasteiger partial charge in [-0.2, -0.15) is 0 Å². The first-order valence-corrected chi connectivity index (χ1v) is 10.1. The van der Waals surface area contributed by atoms with Gasteiger partial charge in [0.15, 0.2) is 6.29 Å². The van der Waals surface area contributed by atoms with E-state index in [-0.39, 0.29) is 35.6 Å². The Morgan fingerprint density at radius 2 is 1.85 bits per heavy atom. The number of ether oxygens (including phenoxy) is 4. The van der Waals surface area contributed by atoms with E-state index in [1.165, 1.54) is 0 Å². The smallest absolute Gasteiger partial charge is 0.165 e. The van der Waals surface area contributed by atoms with E-state index in [1.54, 1.807) is 0 Å². The van der Waals surface area contributed by atoms with Crippen LogP contribution in [-0.2, 0) is 18.9 Å². The average molecular weight is 366 g/mol. The standard InChI is InChI=1S/C20H30O6/c1-9-7-24-12-10(9)19-8-25-15-11(21)13(17(2,3)4)18(20(15,19)14(12)22)5-6-23-16(18)26-19/h9-16,21-22H,5-8H2,1-4H3/t9-,10?,11-,12?,13+,14+,15?,16?,18?,19?,20?/m1/s1. The van der Waals surface area contributed by atoms with Gasteiger partial charge < -0.3 is 29.2 Å². The fraction of sp³-hybridized carbons (Fsp3) is 1.00. The molecule has 2 spiro atoms. The van der Waals surface area contributed by atoms with Gasteiger partial charge in [-0.1, -0.05) is 27.7 Å². The normalized spacial score (nSPS) is 65.3. The van der Waals surface area contributed by atoms with Crippen molar-refractivity contribution in [3.63, 3.8) is 0 Å². The quantitative estimate of drug-likeness (QED) is 0.664. The first-order valence-electron chi connectivity index (χ1n) is 10.1. The molecule has 6 fully saturated rings. The van der Waals surface area contributed by atoms with Crippen molar-refractivity contribution in [1.29, 1.82) is 0 Å². The van der Waals surface area contributed by atoms with E-state index in [9.17, 15) is 10.2 Å². The Kier molecular flexibility index (Phi) is 2.89. The summed E-state index contributed by atoms with van der Waals surface area (Å²) in [5, 5.41) is 23.2. The molecule has 7 unspecified atom stereocenters. The SMILES string of the molecule is C[C@@H]1COC2C1C13COC4[C@H](O)[C@@H](C(C)(C)C)C5(CCOC5O1)C43[C@H]2O. The zero-order valence-electron chi connectivity index (χ0n) is 16.0. The maximum absolute atomic E-state index is 11.7. The van der Waals surface area contributed by atoms with E-state index in [0.29, 0.717) is 19.8 Å². The molecular formula is C20H30O6. The predicted octanol–water partition coefficient (Wildman–Crippen LogP) is 0.936. The van der Waals surface area contributed by atoms with Crippen molar-refractivity contribution >= 4 is 0 Å². The maximum Gasteiger partial charge on any atom is 0.165 e. The molecular weight excluding hydrogens is 336 g/mol. The minimum absolute atomic E-state index is 0.0570. The molecule has 0 aromatic carbocycles. The van der Waals surface area contributed by atoms with Crippen LogP contribution in [0.4, 0.5) is 0 Å². The molecule has 0 radical (unpaired) electrons. The number of rotatable bonds is 0. The summed E-state index contributed by atoms with van der Waals surface area (Å²) >= 11 is 0. The summed E-state index contributed by atoms with van der Waals surface area (Å²) in [6, 6.07) is 0. The largest absolute Gasteiger partial charge is 0.390 e. The Labute approximate surface area is 154 Å². The number of fused-ring (bicyclic) bond motifs is 1. The third kappa shape index (κ3) is 1.31. The third-order valence-electron chi connectivity index (χ3n) is 8.89. The molecule has 0 bridgehead atoms. The fourth-order valence-corrected chi connectivity index (χ4v) is 8.73. The van der Waals surface area contributed by atoms with Crippen LogP contribution in [0.25, 0.3) is 0 Å². The van der Waals surface area contributed by atoms with Crippen molar-refractivity contribution < 1.29 is 29.2 Å². The second-order valence-corrected chi connectivity index (χ2v) is 10.7. The highest BCUT2D eigenvalue weighted by atomic mass is 16.7. The van der Waals surface area contributed by atoms with Crippen LogP contribution in [0.2, 0.25) is 0 Å². The fourth-order valence-electron chi connectivity index (χ4n) is 8.73. The van der Waals surface area contributed by atoms with Crippen molar-refractivity contribution in [2.45, 2.75) is 70.4 Å². The van der Waals surface area contributed by atoms with Gasteiger partial charge in [0.1, 0.15) is 5.60 Å². The van der Waals surface area contributed by atoms with Crippen LogP contribution in [0.5, 0.6) is 0 Å². The molecule has 4 aliphatic heterocycles. The lowest BCUT2D eigenvalue weighted by molar-refractivity contribution is -0.200. The molecule has 4 heterocycles. The Morgan fingerprint density at radius 3 is 2.58 bits per heavy atom. The lowest BCUT2D eigenvalue weighted by Gasteiger charge is -2.48. The lowest BCUT2D eigenvalue weighted by Crippen LogP contribution is -2.58. The van der Waals surface area contributed by atoms with E-state index in [1.807, 2.05) is 0 Å². The van der Waals surface area contributed by atoms with Crippen molar-refractivity contribution in [1.82, 2.24) is 0 Å². The highest BCUT2D eigenvalue weighted by Gasteiger charge is 2.95. The monoisotopic (exact) mass is 366 g/mol. The zero-order chi connectivity index (χ0) is 18.3. The molecule has 4 saturated heterocycles. The van der Waals surface area contributed by atoms with Crippen molar-refractivity contribution in [2.24, 2.45) is 34.0 Å². The van der Waals surface area contributed by atoms with Gasteiger partial charge in [0, 0.05) is 17.3 Å². The first kappa shape index (κ1) is 16.7. The molecule has 6 aliphatic rings. The summed E-state index contributed by atoms with van der Waals surface area (Å²) in [7, 11) is 0. The molecule has 146 valence electrons. The lowest BCUT2D eigenvalue weighted by atomic mass is 9.52.